The van der Waals surface area contributed by atoms with Crippen molar-refractivity contribution in [1.82, 2.24) is 0 Å². The first-order valence-electron chi connectivity index (χ1n) is 4.30. The molecule has 0 rings (SSSR count). The molecule has 0 aromatic rings. The van der Waals surface area contributed by atoms with Crippen molar-refractivity contribution in [3.05, 3.63) is 0 Å². The molecule has 0 aliphatic heterocycles. The minimum atomic E-state index is -0.739. The van der Waals surface area contributed by atoms with Crippen LogP contribution in [0.25, 0.3) is 0 Å². The third kappa shape index (κ3) is 6.16. The van der Waals surface area contributed by atoms with Gasteiger partial charge in [-0.25, -0.2) is 0 Å². The van der Waals surface area contributed by atoms with E-state index < -0.39 is 5.97 Å². The lowest BCUT2D eigenvalue weighted by Crippen LogP contribution is -2.16. The molecule has 0 amide bonds. The molecular weight excluding hydrogens is 156 g/mol. The Morgan fingerprint density at radius 1 is 1.33 bits per heavy atom. The molecule has 0 aliphatic carbocycles. The van der Waals surface area contributed by atoms with Crippen LogP contribution < -0.4 is 0 Å². The average molecular weight is 174 g/mol. The van der Waals surface area contributed by atoms with Gasteiger partial charge in [0.15, 0.2) is 0 Å². The number of unbranched alkanes of at least 4 members (excludes halogenated alkanes) is 1. The van der Waals surface area contributed by atoms with Gasteiger partial charge in [-0.2, -0.15) is 0 Å². The Balaban J connectivity index is 3.37. The molecule has 0 spiro atoms. The summed E-state index contributed by atoms with van der Waals surface area (Å²) in [7, 11) is 0. The van der Waals surface area contributed by atoms with E-state index in [0.29, 0.717) is 6.42 Å². The zero-order valence-corrected chi connectivity index (χ0v) is 7.84. The molecule has 0 radical (unpaired) electrons. The summed E-state index contributed by atoms with van der Waals surface area (Å²) in [6, 6.07) is 0. The predicted molar refractivity (Wildman–Crippen MR) is 47.0 cm³/mol. The summed E-state index contributed by atoms with van der Waals surface area (Å²) in [6.45, 7) is 4.13. The van der Waals surface area contributed by atoms with Crippen molar-refractivity contribution < 1.29 is 15.0 Å². The summed E-state index contributed by atoms with van der Waals surface area (Å²) in [5.74, 6) is -0.739. The van der Waals surface area contributed by atoms with Crippen molar-refractivity contribution in [2.45, 2.75) is 39.5 Å². The van der Waals surface area contributed by atoms with E-state index in [9.17, 15) is 4.79 Å². The van der Waals surface area contributed by atoms with Crippen LogP contribution in [0.5, 0.6) is 0 Å². The monoisotopic (exact) mass is 174 g/mol. The Morgan fingerprint density at radius 2 is 1.92 bits per heavy atom. The SMILES string of the molecule is CC(C)(CO)CCCCC(=O)O. The second kappa shape index (κ2) is 5.14. The smallest absolute Gasteiger partial charge is 0.303 e. The molecule has 72 valence electrons. The van der Waals surface area contributed by atoms with Crippen molar-refractivity contribution >= 4 is 5.97 Å². The Morgan fingerprint density at radius 3 is 2.33 bits per heavy atom. The fourth-order valence-corrected chi connectivity index (χ4v) is 0.959. The van der Waals surface area contributed by atoms with Crippen LogP contribution in [0.2, 0.25) is 0 Å². The summed E-state index contributed by atoms with van der Waals surface area (Å²) in [4.78, 5) is 10.1. The van der Waals surface area contributed by atoms with Gasteiger partial charge in [0, 0.05) is 13.0 Å². The molecule has 3 nitrogen and oxygen atoms in total. The van der Waals surface area contributed by atoms with Gasteiger partial charge >= 0.3 is 5.97 Å². The first-order chi connectivity index (χ1) is 5.48. The zero-order valence-electron chi connectivity index (χ0n) is 7.84. The highest BCUT2D eigenvalue weighted by molar-refractivity contribution is 5.66. The predicted octanol–water partition coefficient (Wildman–Crippen LogP) is 1.65. The molecule has 2 N–H and O–H groups in total. The number of hydrogen-bond acceptors (Lipinski definition) is 2. The van der Waals surface area contributed by atoms with Gasteiger partial charge in [-0.05, 0) is 18.3 Å². The normalized spacial score (nSPS) is 11.6. The highest BCUT2D eigenvalue weighted by Gasteiger charge is 2.15. The summed E-state index contributed by atoms with van der Waals surface area (Å²) < 4.78 is 0. The van der Waals surface area contributed by atoms with E-state index in [-0.39, 0.29) is 18.4 Å². The van der Waals surface area contributed by atoms with E-state index in [1.54, 1.807) is 0 Å². The lowest BCUT2D eigenvalue weighted by molar-refractivity contribution is -0.137. The fraction of sp³-hybridized carbons (Fsp3) is 0.889. The van der Waals surface area contributed by atoms with Crippen molar-refractivity contribution in [3.63, 3.8) is 0 Å². The molecule has 0 aliphatic rings. The maximum atomic E-state index is 10.1. The minimum Gasteiger partial charge on any atom is -0.481 e. The number of carboxylic acid groups (broad SMARTS) is 1. The van der Waals surface area contributed by atoms with Crippen LogP contribution in [-0.4, -0.2) is 22.8 Å². The van der Waals surface area contributed by atoms with Crippen LogP contribution in [0.15, 0.2) is 0 Å². The van der Waals surface area contributed by atoms with Crippen LogP contribution in [-0.2, 0) is 4.79 Å². The summed E-state index contributed by atoms with van der Waals surface area (Å²) in [5.41, 5.74) is -0.0570. The van der Waals surface area contributed by atoms with Gasteiger partial charge in [-0.3, -0.25) is 4.79 Å². The fourth-order valence-electron chi connectivity index (χ4n) is 0.959. The highest BCUT2D eigenvalue weighted by atomic mass is 16.4. The molecule has 0 aromatic carbocycles. The molecule has 12 heavy (non-hydrogen) atoms. The van der Waals surface area contributed by atoms with Crippen molar-refractivity contribution in [3.8, 4) is 0 Å². The molecule has 0 saturated carbocycles. The number of aliphatic hydroxyl groups excluding tert-OH is 1. The second-order valence-corrected chi connectivity index (χ2v) is 3.92. The average Bonchev–Trinajstić information content (AvgIpc) is 1.98. The van der Waals surface area contributed by atoms with Crippen LogP contribution in [0.3, 0.4) is 0 Å². The molecule has 0 heterocycles. The third-order valence-electron chi connectivity index (χ3n) is 1.92. The van der Waals surface area contributed by atoms with Crippen molar-refractivity contribution in [2.75, 3.05) is 6.61 Å². The van der Waals surface area contributed by atoms with Gasteiger partial charge in [0.1, 0.15) is 0 Å². The Labute approximate surface area is 73.4 Å². The van der Waals surface area contributed by atoms with Gasteiger partial charge in [0.25, 0.3) is 0 Å². The van der Waals surface area contributed by atoms with E-state index in [4.69, 9.17) is 10.2 Å². The van der Waals surface area contributed by atoms with E-state index >= 15 is 0 Å². The molecule has 0 aromatic heterocycles. The summed E-state index contributed by atoms with van der Waals surface area (Å²) in [5, 5.41) is 17.2. The van der Waals surface area contributed by atoms with Crippen LogP contribution in [0.4, 0.5) is 0 Å². The number of aliphatic carboxylic acids is 1. The second-order valence-electron chi connectivity index (χ2n) is 3.92. The Kier molecular flexibility index (Phi) is 4.90. The maximum Gasteiger partial charge on any atom is 0.303 e. The van der Waals surface area contributed by atoms with E-state index in [0.717, 1.165) is 12.8 Å². The van der Waals surface area contributed by atoms with Crippen molar-refractivity contribution in [2.24, 2.45) is 5.41 Å². The molecule has 0 fully saturated rings. The lowest BCUT2D eigenvalue weighted by atomic mass is 9.88. The van der Waals surface area contributed by atoms with Gasteiger partial charge in [0.2, 0.25) is 0 Å². The molecule has 0 unspecified atom stereocenters. The van der Waals surface area contributed by atoms with Crippen molar-refractivity contribution in [1.29, 1.82) is 0 Å². The largest absolute Gasteiger partial charge is 0.481 e. The van der Waals surface area contributed by atoms with E-state index in [1.165, 1.54) is 0 Å². The number of carboxylic acids is 1. The number of rotatable bonds is 6. The number of carbonyl (C=O) groups is 1. The van der Waals surface area contributed by atoms with Crippen LogP contribution >= 0.6 is 0 Å². The summed E-state index contributed by atoms with van der Waals surface area (Å²) in [6.07, 6.45) is 2.71. The van der Waals surface area contributed by atoms with E-state index in [2.05, 4.69) is 0 Å². The van der Waals surface area contributed by atoms with Crippen LogP contribution in [0.1, 0.15) is 39.5 Å². The van der Waals surface area contributed by atoms with Crippen LogP contribution in [0, 0.1) is 5.41 Å². The number of hydrogen-bond donors (Lipinski definition) is 2. The molecule has 0 bridgehead atoms. The summed E-state index contributed by atoms with van der Waals surface area (Å²) >= 11 is 0. The number of aliphatic hydroxyl groups is 1. The molecule has 0 saturated heterocycles. The van der Waals surface area contributed by atoms with Gasteiger partial charge in [-0.1, -0.05) is 20.3 Å². The first-order valence-corrected chi connectivity index (χ1v) is 4.30. The lowest BCUT2D eigenvalue weighted by Gasteiger charge is -2.20. The molecule has 3 heteroatoms. The standard InChI is InChI=1S/C9H18O3/c1-9(2,7-10)6-4-3-5-8(11)12/h10H,3-7H2,1-2H3,(H,11,12). The van der Waals surface area contributed by atoms with Gasteiger partial charge < -0.3 is 10.2 Å². The molecular formula is C9H18O3. The Hall–Kier alpha value is -0.570. The third-order valence-corrected chi connectivity index (χ3v) is 1.92. The maximum absolute atomic E-state index is 10.1. The topological polar surface area (TPSA) is 57.5 Å². The zero-order chi connectivity index (χ0) is 9.61. The van der Waals surface area contributed by atoms with Gasteiger partial charge in [-0.15, -0.1) is 0 Å². The molecule has 0 atom stereocenters. The minimum absolute atomic E-state index is 0.0570. The quantitative estimate of drug-likeness (QED) is 0.602. The highest BCUT2D eigenvalue weighted by Crippen LogP contribution is 2.22. The van der Waals surface area contributed by atoms with Gasteiger partial charge in [0.05, 0.1) is 0 Å². The van der Waals surface area contributed by atoms with E-state index in [1.807, 2.05) is 13.8 Å². The Bertz CT molecular complexity index is 141. The first kappa shape index (κ1) is 11.4.